The Morgan fingerprint density at radius 1 is 1.07 bits per heavy atom. The Morgan fingerprint density at radius 2 is 1.76 bits per heavy atom. The molecule has 1 amide bonds. The maximum Gasteiger partial charge on any atom is 0.253 e. The highest BCUT2D eigenvalue weighted by Crippen LogP contribution is 2.26. The van der Waals surface area contributed by atoms with Crippen molar-refractivity contribution in [2.45, 2.75) is 37.1 Å². The van der Waals surface area contributed by atoms with Gasteiger partial charge in [0, 0.05) is 13.1 Å². The van der Waals surface area contributed by atoms with Crippen molar-refractivity contribution in [1.82, 2.24) is 9.62 Å². The highest BCUT2D eigenvalue weighted by Gasteiger charge is 2.27. The van der Waals surface area contributed by atoms with E-state index in [0.717, 1.165) is 31.4 Å². The van der Waals surface area contributed by atoms with Gasteiger partial charge in [0.05, 0.1) is 21.5 Å². The second kappa shape index (κ2) is 8.77. The summed E-state index contributed by atoms with van der Waals surface area (Å²) in [5.74, 6) is -2.61. The second-order valence-corrected chi connectivity index (χ2v) is 9.32. The Balaban J connectivity index is 1.83. The predicted molar refractivity (Wildman–Crippen MR) is 106 cm³/mol. The standard InChI is InChI=1S/C20H21ClF2N2O3S/c1-13(14-5-8-18(22)19(23)11-14)24-20(26)16-12-15(6-7-17(16)21)29(27,28)25-9-3-2-4-10-25/h5-8,11-13H,2-4,9-10H2,1H3,(H,24,26)/t13-/m1/s1. The monoisotopic (exact) mass is 442 g/mol. The Bertz CT molecular complexity index is 1020. The van der Waals surface area contributed by atoms with Gasteiger partial charge in [-0.15, -0.1) is 0 Å². The first-order valence-corrected chi connectivity index (χ1v) is 11.1. The van der Waals surface area contributed by atoms with Crippen molar-refractivity contribution in [2.75, 3.05) is 13.1 Å². The van der Waals surface area contributed by atoms with Crippen LogP contribution in [0.1, 0.15) is 48.1 Å². The molecular formula is C20H21ClF2N2O3S. The third-order valence-electron chi connectivity index (χ3n) is 4.93. The number of piperidine rings is 1. The largest absolute Gasteiger partial charge is 0.345 e. The van der Waals surface area contributed by atoms with Crippen molar-refractivity contribution < 1.29 is 22.0 Å². The summed E-state index contributed by atoms with van der Waals surface area (Å²) in [6.45, 7) is 2.49. The molecule has 29 heavy (non-hydrogen) atoms. The van der Waals surface area contributed by atoms with Gasteiger partial charge in [0.1, 0.15) is 0 Å². The summed E-state index contributed by atoms with van der Waals surface area (Å²) in [6, 6.07) is 6.70. The van der Waals surface area contributed by atoms with E-state index < -0.39 is 33.6 Å². The number of sulfonamides is 1. The van der Waals surface area contributed by atoms with E-state index in [1.165, 1.54) is 28.6 Å². The third kappa shape index (κ3) is 4.76. The quantitative estimate of drug-likeness (QED) is 0.751. The van der Waals surface area contributed by atoms with Crippen molar-refractivity contribution in [3.63, 3.8) is 0 Å². The molecule has 5 nitrogen and oxygen atoms in total. The van der Waals surface area contributed by atoms with Crippen LogP contribution in [-0.4, -0.2) is 31.7 Å². The molecule has 0 bridgehead atoms. The second-order valence-electron chi connectivity index (χ2n) is 6.98. The molecule has 1 fully saturated rings. The summed E-state index contributed by atoms with van der Waals surface area (Å²) >= 11 is 6.12. The number of rotatable bonds is 5. The first-order valence-electron chi connectivity index (χ1n) is 9.25. The van der Waals surface area contributed by atoms with Gasteiger partial charge in [0.25, 0.3) is 5.91 Å². The molecule has 156 valence electrons. The number of amides is 1. The number of nitrogens with one attached hydrogen (secondary N) is 1. The van der Waals surface area contributed by atoms with Crippen LogP contribution in [0.2, 0.25) is 5.02 Å². The van der Waals surface area contributed by atoms with Gasteiger partial charge in [-0.25, -0.2) is 17.2 Å². The number of halogens is 3. The van der Waals surface area contributed by atoms with Gasteiger partial charge in [0.15, 0.2) is 11.6 Å². The van der Waals surface area contributed by atoms with Gasteiger partial charge in [-0.05, 0) is 55.7 Å². The normalized spacial score (nSPS) is 16.4. The predicted octanol–water partition coefficient (Wildman–Crippen LogP) is 4.28. The van der Waals surface area contributed by atoms with E-state index in [1.54, 1.807) is 6.92 Å². The van der Waals surface area contributed by atoms with Crippen LogP contribution in [0.4, 0.5) is 8.78 Å². The summed E-state index contributed by atoms with van der Waals surface area (Å²) in [5.41, 5.74) is 0.365. The summed E-state index contributed by atoms with van der Waals surface area (Å²) in [4.78, 5) is 12.7. The molecular weight excluding hydrogens is 422 g/mol. The minimum atomic E-state index is -3.72. The third-order valence-corrected chi connectivity index (χ3v) is 7.15. The van der Waals surface area contributed by atoms with E-state index in [0.29, 0.717) is 18.7 Å². The lowest BCUT2D eigenvalue weighted by Gasteiger charge is -2.26. The molecule has 0 unspecified atom stereocenters. The van der Waals surface area contributed by atoms with Crippen molar-refractivity contribution in [2.24, 2.45) is 0 Å². The first kappa shape index (κ1) is 21.7. The van der Waals surface area contributed by atoms with Crippen LogP contribution in [0.5, 0.6) is 0 Å². The number of hydrogen-bond acceptors (Lipinski definition) is 3. The van der Waals surface area contributed by atoms with Crippen molar-refractivity contribution in [3.8, 4) is 0 Å². The fraction of sp³-hybridized carbons (Fsp3) is 0.350. The number of nitrogens with zero attached hydrogens (tertiary/aromatic N) is 1. The van der Waals surface area contributed by atoms with Gasteiger partial charge >= 0.3 is 0 Å². The zero-order valence-electron chi connectivity index (χ0n) is 15.8. The number of hydrogen-bond donors (Lipinski definition) is 1. The van der Waals surface area contributed by atoms with Crippen LogP contribution in [0, 0.1) is 11.6 Å². The van der Waals surface area contributed by atoms with Gasteiger partial charge in [0.2, 0.25) is 10.0 Å². The Morgan fingerprint density at radius 3 is 2.41 bits per heavy atom. The maximum absolute atomic E-state index is 13.4. The fourth-order valence-corrected chi connectivity index (χ4v) is 4.98. The molecule has 2 aromatic rings. The van der Waals surface area contributed by atoms with E-state index in [-0.39, 0.29) is 15.5 Å². The van der Waals surface area contributed by atoms with Gasteiger partial charge in [-0.2, -0.15) is 4.31 Å². The molecule has 1 aliphatic heterocycles. The van der Waals surface area contributed by atoms with Crippen LogP contribution < -0.4 is 5.32 Å². The van der Waals surface area contributed by atoms with E-state index in [9.17, 15) is 22.0 Å². The topological polar surface area (TPSA) is 66.5 Å². The highest BCUT2D eigenvalue weighted by molar-refractivity contribution is 7.89. The van der Waals surface area contributed by atoms with E-state index >= 15 is 0 Å². The Hall–Kier alpha value is -2.03. The van der Waals surface area contributed by atoms with E-state index in [4.69, 9.17) is 11.6 Å². The fourth-order valence-electron chi connectivity index (χ4n) is 3.23. The summed E-state index contributed by atoms with van der Waals surface area (Å²) < 4.78 is 53.7. The zero-order valence-corrected chi connectivity index (χ0v) is 17.4. The average molecular weight is 443 g/mol. The number of carbonyl (C=O) groups excluding carboxylic acids is 1. The van der Waals surface area contributed by atoms with E-state index in [2.05, 4.69) is 5.32 Å². The van der Waals surface area contributed by atoms with Crippen LogP contribution in [0.25, 0.3) is 0 Å². The van der Waals surface area contributed by atoms with Crippen LogP contribution in [0.15, 0.2) is 41.3 Å². The molecule has 1 saturated heterocycles. The molecule has 0 aromatic heterocycles. The van der Waals surface area contributed by atoms with Crippen LogP contribution in [-0.2, 0) is 10.0 Å². The summed E-state index contributed by atoms with van der Waals surface area (Å²) in [6.07, 6.45) is 2.58. The molecule has 1 aliphatic rings. The van der Waals surface area contributed by atoms with E-state index in [1.807, 2.05) is 0 Å². The van der Waals surface area contributed by atoms with Crippen LogP contribution in [0.3, 0.4) is 0 Å². The minimum Gasteiger partial charge on any atom is -0.345 e. The molecule has 2 aromatic carbocycles. The average Bonchev–Trinajstić information content (AvgIpc) is 2.70. The number of benzene rings is 2. The maximum atomic E-state index is 13.4. The lowest BCUT2D eigenvalue weighted by Crippen LogP contribution is -2.35. The smallest absolute Gasteiger partial charge is 0.253 e. The lowest BCUT2D eigenvalue weighted by molar-refractivity contribution is 0.0939. The van der Waals surface area contributed by atoms with Crippen LogP contribution >= 0.6 is 11.6 Å². The minimum absolute atomic E-state index is 0.000755. The molecule has 1 heterocycles. The lowest BCUT2D eigenvalue weighted by atomic mass is 10.1. The van der Waals surface area contributed by atoms with Gasteiger partial charge < -0.3 is 5.32 Å². The molecule has 0 spiro atoms. The highest BCUT2D eigenvalue weighted by atomic mass is 35.5. The van der Waals surface area contributed by atoms with Gasteiger partial charge in [-0.3, -0.25) is 4.79 Å². The Kier molecular flexibility index (Phi) is 6.55. The number of carbonyl (C=O) groups is 1. The molecule has 3 rings (SSSR count). The van der Waals surface area contributed by atoms with Crippen molar-refractivity contribution in [1.29, 1.82) is 0 Å². The molecule has 9 heteroatoms. The first-order chi connectivity index (χ1) is 13.7. The summed E-state index contributed by atoms with van der Waals surface area (Å²) in [5, 5.41) is 2.73. The molecule has 0 aliphatic carbocycles. The zero-order chi connectivity index (χ0) is 21.2. The van der Waals surface area contributed by atoms with Gasteiger partial charge in [-0.1, -0.05) is 24.1 Å². The summed E-state index contributed by atoms with van der Waals surface area (Å²) in [7, 11) is -3.72. The SMILES string of the molecule is C[C@@H](NC(=O)c1cc(S(=O)(=O)N2CCCCC2)ccc1Cl)c1ccc(F)c(F)c1. The van der Waals surface area contributed by atoms with Crippen molar-refractivity contribution in [3.05, 3.63) is 64.2 Å². The molecule has 1 atom stereocenters. The molecule has 0 radical (unpaired) electrons. The van der Waals surface area contributed by atoms with Crippen molar-refractivity contribution >= 4 is 27.5 Å². The molecule has 0 saturated carbocycles. The molecule has 1 N–H and O–H groups in total. The Labute approximate surface area is 173 Å².